The lowest BCUT2D eigenvalue weighted by molar-refractivity contribution is 0.193. The third-order valence-corrected chi connectivity index (χ3v) is 3.02. The Morgan fingerprint density at radius 2 is 2.50 bits per heavy atom. The van der Waals surface area contributed by atoms with Gasteiger partial charge in [-0.2, -0.15) is 4.98 Å². The maximum absolute atomic E-state index is 5.22. The normalized spacial score (nSPS) is 21.3. The Labute approximate surface area is 105 Å². The highest BCUT2D eigenvalue weighted by Crippen LogP contribution is 2.17. The zero-order chi connectivity index (χ0) is 12.4. The van der Waals surface area contributed by atoms with Gasteiger partial charge in [-0.25, -0.2) is 0 Å². The first-order chi connectivity index (χ1) is 8.81. The molecule has 1 saturated heterocycles. The zero-order valence-corrected chi connectivity index (χ0v) is 10.3. The Hall–Kier alpha value is -1.66. The molecule has 1 fully saturated rings. The van der Waals surface area contributed by atoms with E-state index in [2.05, 4.69) is 27.3 Å². The van der Waals surface area contributed by atoms with Crippen molar-refractivity contribution in [3.8, 4) is 11.7 Å². The quantitative estimate of drug-likeness (QED) is 0.878. The molecule has 6 heteroatoms. The summed E-state index contributed by atoms with van der Waals surface area (Å²) in [6.45, 7) is 5.91. The predicted octanol–water partition coefficient (Wildman–Crippen LogP) is 1.12. The SMILES string of the molecule is CC1CN(Cc2noc(-c3ccco3)n2)CCN1. The summed E-state index contributed by atoms with van der Waals surface area (Å²) < 4.78 is 10.4. The molecule has 0 aliphatic carbocycles. The number of nitrogens with zero attached hydrogens (tertiary/aromatic N) is 3. The molecule has 0 amide bonds. The lowest BCUT2D eigenvalue weighted by atomic mass is 10.2. The summed E-state index contributed by atoms with van der Waals surface area (Å²) in [6.07, 6.45) is 1.59. The minimum Gasteiger partial charge on any atom is -0.459 e. The van der Waals surface area contributed by atoms with Crippen LogP contribution in [0.5, 0.6) is 0 Å². The Morgan fingerprint density at radius 3 is 3.28 bits per heavy atom. The van der Waals surface area contributed by atoms with Crippen molar-refractivity contribution < 1.29 is 8.94 Å². The molecule has 1 atom stereocenters. The van der Waals surface area contributed by atoms with Crippen LogP contribution in [0.4, 0.5) is 0 Å². The number of furan rings is 1. The summed E-state index contributed by atoms with van der Waals surface area (Å²) in [6, 6.07) is 4.12. The molecular formula is C12H16N4O2. The van der Waals surface area contributed by atoms with Crippen molar-refractivity contribution in [3.63, 3.8) is 0 Å². The van der Waals surface area contributed by atoms with Gasteiger partial charge in [-0.1, -0.05) is 5.16 Å². The molecule has 18 heavy (non-hydrogen) atoms. The van der Waals surface area contributed by atoms with Crippen LogP contribution in [0.1, 0.15) is 12.7 Å². The van der Waals surface area contributed by atoms with Gasteiger partial charge in [0.1, 0.15) is 0 Å². The standard InChI is InChI=1S/C12H16N4O2/c1-9-7-16(5-4-13-9)8-11-14-12(18-15-11)10-3-2-6-17-10/h2-3,6,9,13H,4-5,7-8H2,1H3. The first-order valence-corrected chi connectivity index (χ1v) is 6.13. The number of piperazine rings is 1. The van der Waals surface area contributed by atoms with E-state index in [4.69, 9.17) is 8.94 Å². The monoisotopic (exact) mass is 248 g/mol. The third kappa shape index (κ3) is 2.44. The van der Waals surface area contributed by atoms with Crippen molar-refractivity contribution >= 4 is 0 Å². The van der Waals surface area contributed by atoms with Crippen molar-refractivity contribution in [1.82, 2.24) is 20.4 Å². The molecule has 6 nitrogen and oxygen atoms in total. The molecule has 2 aromatic rings. The summed E-state index contributed by atoms with van der Waals surface area (Å²) in [5, 5.41) is 7.39. The van der Waals surface area contributed by atoms with E-state index >= 15 is 0 Å². The average Bonchev–Trinajstić information content (AvgIpc) is 2.98. The Kier molecular flexibility index (Phi) is 3.12. The highest BCUT2D eigenvalue weighted by molar-refractivity contribution is 5.42. The molecule has 1 unspecified atom stereocenters. The van der Waals surface area contributed by atoms with Crippen molar-refractivity contribution in [3.05, 3.63) is 24.2 Å². The van der Waals surface area contributed by atoms with Gasteiger partial charge in [-0.15, -0.1) is 0 Å². The lowest BCUT2D eigenvalue weighted by Crippen LogP contribution is -2.48. The maximum atomic E-state index is 5.22. The van der Waals surface area contributed by atoms with Crippen LogP contribution in [0.25, 0.3) is 11.7 Å². The second-order valence-corrected chi connectivity index (χ2v) is 4.58. The van der Waals surface area contributed by atoms with Crippen LogP contribution in [0.2, 0.25) is 0 Å². The lowest BCUT2D eigenvalue weighted by Gasteiger charge is -2.30. The molecule has 0 spiro atoms. The number of nitrogens with one attached hydrogen (secondary N) is 1. The molecular weight excluding hydrogens is 232 g/mol. The summed E-state index contributed by atoms with van der Waals surface area (Å²) in [5.74, 6) is 1.76. The van der Waals surface area contributed by atoms with E-state index in [1.807, 2.05) is 6.07 Å². The van der Waals surface area contributed by atoms with Crippen LogP contribution < -0.4 is 5.32 Å². The summed E-state index contributed by atoms with van der Waals surface area (Å²) in [7, 11) is 0. The number of aromatic nitrogens is 2. The predicted molar refractivity (Wildman–Crippen MR) is 64.7 cm³/mol. The molecule has 0 radical (unpaired) electrons. The second kappa shape index (κ2) is 4.91. The van der Waals surface area contributed by atoms with Gasteiger partial charge in [0.05, 0.1) is 12.8 Å². The van der Waals surface area contributed by atoms with Crippen LogP contribution in [0.3, 0.4) is 0 Å². The fraction of sp³-hybridized carbons (Fsp3) is 0.500. The zero-order valence-electron chi connectivity index (χ0n) is 10.3. The molecule has 3 rings (SSSR count). The third-order valence-electron chi connectivity index (χ3n) is 3.02. The molecule has 96 valence electrons. The molecule has 2 aromatic heterocycles. The number of hydrogen-bond donors (Lipinski definition) is 1. The smallest absolute Gasteiger partial charge is 0.293 e. The largest absolute Gasteiger partial charge is 0.459 e. The van der Waals surface area contributed by atoms with E-state index in [1.54, 1.807) is 12.3 Å². The van der Waals surface area contributed by atoms with Crippen LogP contribution in [0, 0.1) is 0 Å². The Morgan fingerprint density at radius 1 is 1.56 bits per heavy atom. The first kappa shape index (κ1) is 11.4. The van der Waals surface area contributed by atoms with Crippen LogP contribution in [-0.2, 0) is 6.54 Å². The Bertz CT molecular complexity index is 494. The van der Waals surface area contributed by atoms with E-state index in [-0.39, 0.29) is 0 Å². The van der Waals surface area contributed by atoms with Gasteiger partial charge in [-0.05, 0) is 19.1 Å². The summed E-state index contributed by atoms with van der Waals surface area (Å²) in [5.41, 5.74) is 0. The summed E-state index contributed by atoms with van der Waals surface area (Å²) in [4.78, 5) is 6.66. The molecule has 3 heterocycles. The highest BCUT2D eigenvalue weighted by atomic mass is 16.5. The fourth-order valence-electron chi connectivity index (χ4n) is 2.17. The minimum absolute atomic E-state index is 0.443. The molecule has 0 saturated carbocycles. The van der Waals surface area contributed by atoms with E-state index in [9.17, 15) is 0 Å². The number of hydrogen-bond acceptors (Lipinski definition) is 6. The fourth-order valence-corrected chi connectivity index (χ4v) is 2.17. The van der Waals surface area contributed by atoms with E-state index in [0.717, 1.165) is 26.2 Å². The van der Waals surface area contributed by atoms with Gasteiger partial charge < -0.3 is 14.3 Å². The van der Waals surface area contributed by atoms with Gasteiger partial charge >= 0.3 is 0 Å². The van der Waals surface area contributed by atoms with Gasteiger partial charge in [0.25, 0.3) is 5.89 Å². The second-order valence-electron chi connectivity index (χ2n) is 4.58. The molecule has 1 N–H and O–H groups in total. The minimum atomic E-state index is 0.443. The molecule has 0 aromatic carbocycles. The molecule has 1 aliphatic rings. The van der Waals surface area contributed by atoms with Crippen molar-refractivity contribution in [2.24, 2.45) is 0 Å². The highest BCUT2D eigenvalue weighted by Gasteiger charge is 2.18. The van der Waals surface area contributed by atoms with Gasteiger partial charge in [-0.3, -0.25) is 4.90 Å². The molecule has 1 aliphatic heterocycles. The number of rotatable bonds is 3. The average molecular weight is 248 g/mol. The van der Waals surface area contributed by atoms with E-state index in [1.165, 1.54) is 0 Å². The van der Waals surface area contributed by atoms with Gasteiger partial charge in [0.2, 0.25) is 0 Å². The van der Waals surface area contributed by atoms with Crippen LogP contribution in [0.15, 0.2) is 27.3 Å². The van der Waals surface area contributed by atoms with Crippen molar-refractivity contribution in [2.75, 3.05) is 19.6 Å². The van der Waals surface area contributed by atoms with Crippen molar-refractivity contribution in [2.45, 2.75) is 19.5 Å². The Balaban J connectivity index is 1.66. The first-order valence-electron chi connectivity index (χ1n) is 6.13. The summed E-state index contributed by atoms with van der Waals surface area (Å²) >= 11 is 0. The van der Waals surface area contributed by atoms with Crippen LogP contribution >= 0.6 is 0 Å². The van der Waals surface area contributed by atoms with Gasteiger partial charge in [0.15, 0.2) is 11.6 Å². The van der Waals surface area contributed by atoms with E-state index in [0.29, 0.717) is 23.5 Å². The topological polar surface area (TPSA) is 67.3 Å². The molecule has 0 bridgehead atoms. The van der Waals surface area contributed by atoms with Crippen molar-refractivity contribution in [1.29, 1.82) is 0 Å². The van der Waals surface area contributed by atoms with Gasteiger partial charge in [0, 0.05) is 25.7 Å². The van der Waals surface area contributed by atoms with Crippen LogP contribution in [-0.4, -0.2) is 40.7 Å². The van der Waals surface area contributed by atoms with E-state index < -0.39 is 0 Å². The maximum Gasteiger partial charge on any atom is 0.293 e.